The maximum atomic E-state index is 5.37. The second kappa shape index (κ2) is 3.81. The van der Waals surface area contributed by atoms with E-state index in [0.717, 1.165) is 0 Å². The third-order valence-electron chi connectivity index (χ3n) is 0.457. The molecular formula is C6H7ClS. The summed E-state index contributed by atoms with van der Waals surface area (Å²) in [6.45, 7) is 6.94. The number of rotatable bonds is 2. The van der Waals surface area contributed by atoms with E-state index in [0.29, 0.717) is 9.94 Å². The van der Waals surface area contributed by atoms with E-state index >= 15 is 0 Å². The fourth-order valence-electron chi connectivity index (χ4n) is 0.187. The minimum absolute atomic E-state index is 0.486. The summed E-state index contributed by atoms with van der Waals surface area (Å²) < 4.78 is 0. The molecule has 0 aromatic rings. The van der Waals surface area contributed by atoms with Crippen molar-refractivity contribution in [3.8, 4) is 0 Å². The van der Waals surface area contributed by atoms with Crippen LogP contribution in [-0.2, 0) is 0 Å². The summed E-state index contributed by atoms with van der Waals surface area (Å²) in [4.78, 5) is 0.673. The zero-order valence-corrected chi connectivity index (χ0v) is 6.04. The van der Waals surface area contributed by atoms with Crippen LogP contribution in [0.4, 0.5) is 0 Å². The van der Waals surface area contributed by atoms with E-state index in [4.69, 9.17) is 11.6 Å². The minimum atomic E-state index is 0.486. The van der Waals surface area contributed by atoms with Crippen LogP contribution in [0, 0.1) is 0 Å². The molecule has 0 unspecified atom stereocenters. The standard InChI is InChI=1S/C6H7ClS/c1-5(7)3-4-6(2)8/h3-4,8H,1-2H2/b4-3-. The van der Waals surface area contributed by atoms with Crippen molar-refractivity contribution in [2.75, 3.05) is 0 Å². The Bertz CT molecular complexity index is 119. The molecule has 0 fully saturated rings. The first kappa shape index (κ1) is 7.86. The van der Waals surface area contributed by atoms with Gasteiger partial charge in [0, 0.05) is 5.03 Å². The fourth-order valence-corrected chi connectivity index (χ4v) is 0.324. The molecule has 0 rings (SSSR count). The third kappa shape index (κ3) is 5.86. The van der Waals surface area contributed by atoms with Crippen LogP contribution < -0.4 is 0 Å². The lowest BCUT2D eigenvalue weighted by Crippen LogP contribution is -1.57. The molecular weight excluding hydrogens is 140 g/mol. The molecule has 0 aliphatic rings. The molecule has 0 saturated heterocycles. The largest absolute Gasteiger partial charge is 0.144 e. The van der Waals surface area contributed by atoms with Gasteiger partial charge < -0.3 is 0 Å². The van der Waals surface area contributed by atoms with E-state index < -0.39 is 0 Å². The molecule has 44 valence electrons. The summed E-state index contributed by atoms with van der Waals surface area (Å²) in [5.41, 5.74) is 0. The van der Waals surface area contributed by atoms with Gasteiger partial charge in [-0.1, -0.05) is 24.8 Å². The number of thiol groups is 1. The predicted molar refractivity (Wildman–Crippen MR) is 42.3 cm³/mol. The summed E-state index contributed by atoms with van der Waals surface area (Å²) in [5.74, 6) is 0. The van der Waals surface area contributed by atoms with Crippen molar-refractivity contribution in [3.05, 3.63) is 35.2 Å². The summed E-state index contributed by atoms with van der Waals surface area (Å²) in [7, 11) is 0. The van der Waals surface area contributed by atoms with E-state index in [2.05, 4.69) is 25.8 Å². The highest BCUT2D eigenvalue weighted by Gasteiger charge is 1.75. The number of allylic oxidation sites excluding steroid dienone is 3. The number of halogens is 1. The lowest BCUT2D eigenvalue weighted by Gasteiger charge is -1.81. The second-order valence-electron chi connectivity index (χ2n) is 1.27. The van der Waals surface area contributed by atoms with E-state index in [1.807, 2.05) is 0 Å². The van der Waals surface area contributed by atoms with Gasteiger partial charge in [-0.25, -0.2) is 0 Å². The Morgan fingerprint density at radius 3 is 2.00 bits per heavy atom. The first-order valence-electron chi connectivity index (χ1n) is 2.03. The Kier molecular flexibility index (Phi) is 3.75. The highest BCUT2D eigenvalue weighted by Crippen LogP contribution is 2.03. The van der Waals surface area contributed by atoms with Crippen LogP contribution in [0.25, 0.3) is 0 Å². The molecule has 0 spiro atoms. The van der Waals surface area contributed by atoms with Crippen LogP contribution >= 0.6 is 24.2 Å². The lowest BCUT2D eigenvalue weighted by molar-refractivity contribution is 1.89. The zero-order valence-electron chi connectivity index (χ0n) is 4.39. The Hall–Kier alpha value is -0.140. The molecule has 0 aromatic carbocycles. The molecule has 0 N–H and O–H groups in total. The van der Waals surface area contributed by atoms with Gasteiger partial charge in [-0.3, -0.25) is 0 Å². The fraction of sp³-hybridized carbons (Fsp3) is 0. The van der Waals surface area contributed by atoms with Crippen LogP contribution in [0.5, 0.6) is 0 Å². The smallest absolute Gasteiger partial charge is 0.0334 e. The van der Waals surface area contributed by atoms with Crippen molar-refractivity contribution in [2.45, 2.75) is 0 Å². The Balaban J connectivity index is 3.67. The van der Waals surface area contributed by atoms with Crippen molar-refractivity contribution in [1.82, 2.24) is 0 Å². The van der Waals surface area contributed by atoms with Gasteiger partial charge in [-0.15, -0.1) is 12.6 Å². The first-order valence-corrected chi connectivity index (χ1v) is 2.86. The Labute approximate surface area is 60.0 Å². The Morgan fingerprint density at radius 1 is 1.38 bits per heavy atom. The minimum Gasteiger partial charge on any atom is -0.144 e. The molecule has 0 aliphatic carbocycles. The summed E-state index contributed by atoms with van der Waals surface area (Å²) in [6.07, 6.45) is 3.31. The normalized spacial score (nSPS) is 9.75. The number of hydrogen-bond acceptors (Lipinski definition) is 1. The molecule has 0 nitrogen and oxygen atoms in total. The molecule has 0 amide bonds. The lowest BCUT2D eigenvalue weighted by atomic mass is 10.5. The van der Waals surface area contributed by atoms with Gasteiger partial charge in [0.2, 0.25) is 0 Å². The van der Waals surface area contributed by atoms with Crippen LogP contribution in [0.3, 0.4) is 0 Å². The van der Waals surface area contributed by atoms with Crippen molar-refractivity contribution >= 4 is 24.2 Å². The highest BCUT2D eigenvalue weighted by atomic mass is 35.5. The molecule has 8 heavy (non-hydrogen) atoms. The molecule has 0 bridgehead atoms. The SMILES string of the molecule is C=C(S)/C=C\C(=C)Cl. The van der Waals surface area contributed by atoms with Crippen LogP contribution in [0.1, 0.15) is 0 Å². The van der Waals surface area contributed by atoms with Gasteiger partial charge in [-0.05, 0) is 17.1 Å². The topological polar surface area (TPSA) is 0 Å². The molecule has 0 aliphatic heterocycles. The predicted octanol–water partition coefficient (Wildman–Crippen LogP) is 2.74. The molecule has 0 saturated carbocycles. The number of hydrogen-bond donors (Lipinski definition) is 1. The van der Waals surface area contributed by atoms with Gasteiger partial charge in [0.05, 0.1) is 0 Å². The van der Waals surface area contributed by atoms with Crippen molar-refractivity contribution < 1.29 is 0 Å². The molecule has 2 heteroatoms. The van der Waals surface area contributed by atoms with Crippen molar-refractivity contribution in [2.24, 2.45) is 0 Å². The molecule has 0 heterocycles. The van der Waals surface area contributed by atoms with Gasteiger partial charge >= 0.3 is 0 Å². The zero-order chi connectivity index (χ0) is 6.57. The molecule has 0 aromatic heterocycles. The van der Waals surface area contributed by atoms with Gasteiger partial charge in [0.15, 0.2) is 0 Å². The van der Waals surface area contributed by atoms with Crippen LogP contribution in [0.15, 0.2) is 35.2 Å². The maximum absolute atomic E-state index is 5.37. The summed E-state index contributed by atoms with van der Waals surface area (Å²) in [6, 6.07) is 0. The average Bonchev–Trinajstić information content (AvgIpc) is 1.61. The summed E-state index contributed by atoms with van der Waals surface area (Å²) in [5, 5.41) is 0.486. The van der Waals surface area contributed by atoms with Crippen molar-refractivity contribution in [3.63, 3.8) is 0 Å². The monoisotopic (exact) mass is 146 g/mol. The quantitative estimate of drug-likeness (QED) is 0.450. The Morgan fingerprint density at radius 2 is 1.88 bits per heavy atom. The van der Waals surface area contributed by atoms with E-state index in [1.165, 1.54) is 0 Å². The van der Waals surface area contributed by atoms with Gasteiger partial charge in [0.25, 0.3) is 0 Å². The molecule has 0 atom stereocenters. The van der Waals surface area contributed by atoms with E-state index in [-0.39, 0.29) is 0 Å². The third-order valence-corrected chi connectivity index (χ3v) is 0.732. The van der Waals surface area contributed by atoms with E-state index in [1.54, 1.807) is 12.2 Å². The van der Waals surface area contributed by atoms with Gasteiger partial charge in [0.1, 0.15) is 0 Å². The summed E-state index contributed by atoms with van der Waals surface area (Å²) >= 11 is 9.26. The average molecular weight is 147 g/mol. The van der Waals surface area contributed by atoms with Crippen molar-refractivity contribution in [1.29, 1.82) is 0 Å². The molecule has 0 radical (unpaired) electrons. The highest BCUT2D eigenvalue weighted by molar-refractivity contribution is 7.84. The van der Waals surface area contributed by atoms with Crippen LogP contribution in [0.2, 0.25) is 0 Å². The van der Waals surface area contributed by atoms with Gasteiger partial charge in [-0.2, -0.15) is 0 Å². The van der Waals surface area contributed by atoms with E-state index in [9.17, 15) is 0 Å². The first-order chi connectivity index (χ1) is 3.63. The maximum Gasteiger partial charge on any atom is 0.0334 e. The van der Waals surface area contributed by atoms with Crippen LogP contribution in [-0.4, -0.2) is 0 Å². The second-order valence-corrected chi connectivity index (χ2v) is 2.33.